The van der Waals surface area contributed by atoms with Crippen LogP contribution in [0.2, 0.25) is 0 Å². The Morgan fingerprint density at radius 1 is 1.28 bits per heavy atom. The molecule has 0 radical (unpaired) electrons. The van der Waals surface area contributed by atoms with E-state index in [0.29, 0.717) is 25.5 Å². The predicted octanol–water partition coefficient (Wildman–Crippen LogP) is 1.57. The second kappa shape index (κ2) is 8.26. The number of hydrogen-bond acceptors (Lipinski definition) is 6. The first-order chi connectivity index (χ1) is 12.1. The SMILES string of the molecule is COc1cccc(S(=O)(=O)NCC2(N3CCSCC3)CCOCC2)c1. The van der Waals surface area contributed by atoms with Crippen LogP contribution in [0.15, 0.2) is 29.2 Å². The van der Waals surface area contributed by atoms with Crippen LogP contribution in [-0.4, -0.2) is 70.3 Å². The average Bonchev–Trinajstić information content (AvgIpc) is 2.68. The van der Waals surface area contributed by atoms with E-state index in [2.05, 4.69) is 9.62 Å². The number of ether oxygens (including phenoxy) is 2. The van der Waals surface area contributed by atoms with E-state index in [1.165, 1.54) is 7.11 Å². The Kier molecular flexibility index (Phi) is 6.27. The molecule has 140 valence electrons. The fourth-order valence-electron chi connectivity index (χ4n) is 3.47. The Balaban J connectivity index is 1.75. The van der Waals surface area contributed by atoms with Crippen LogP contribution in [0.1, 0.15) is 12.8 Å². The maximum absolute atomic E-state index is 12.7. The number of nitrogens with zero attached hydrogens (tertiary/aromatic N) is 1. The minimum absolute atomic E-state index is 0.148. The zero-order valence-electron chi connectivity index (χ0n) is 14.6. The number of thioether (sulfide) groups is 1. The molecule has 0 amide bonds. The van der Waals surface area contributed by atoms with Crippen molar-refractivity contribution in [1.82, 2.24) is 9.62 Å². The predicted molar refractivity (Wildman–Crippen MR) is 99.9 cm³/mol. The van der Waals surface area contributed by atoms with Gasteiger partial charge < -0.3 is 9.47 Å². The van der Waals surface area contributed by atoms with Crippen LogP contribution in [0.3, 0.4) is 0 Å². The molecule has 2 fully saturated rings. The Bertz CT molecular complexity index is 669. The van der Waals surface area contributed by atoms with Crippen LogP contribution < -0.4 is 9.46 Å². The number of benzene rings is 1. The summed E-state index contributed by atoms with van der Waals surface area (Å²) in [6.07, 6.45) is 1.72. The molecule has 3 rings (SSSR count). The van der Waals surface area contributed by atoms with Crippen molar-refractivity contribution in [1.29, 1.82) is 0 Å². The molecule has 1 aromatic rings. The third-order valence-electron chi connectivity index (χ3n) is 5.05. The quantitative estimate of drug-likeness (QED) is 0.801. The van der Waals surface area contributed by atoms with Crippen molar-refractivity contribution in [2.45, 2.75) is 23.3 Å². The molecule has 2 aliphatic rings. The van der Waals surface area contributed by atoms with Gasteiger partial charge in [0.1, 0.15) is 5.75 Å². The summed E-state index contributed by atoms with van der Waals surface area (Å²) in [5.74, 6) is 2.74. The van der Waals surface area contributed by atoms with Crippen molar-refractivity contribution in [3.63, 3.8) is 0 Å². The lowest BCUT2D eigenvalue weighted by Gasteiger charge is -2.47. The van der Waals surface area contributed by atoms with Crippen molar-refractivity contribution < 1.29 is 17.9 Å². The minimum Gasteiger partial charge on any atom is -0.497 e. The summed E-state index contributed by atoms with van der Waals surface area (Å²) >= 11 is 1.96. The zero-order valence-corrected chi connectivity index (χ0v) is 16.2. The highest BCUT2D eigenvalue weighted by atomic mass is 32.2. The molecule has 2 saturated heterocycles. The van der Waals surface area contributed by atoms with Gasteiger partial charge in [-0.25, -0.2) is 13.1 Å². The van der Waals surface area contributed by atoms with Gasteiger partial charge in [-0.1, -0.05) is 6.07 Å². The first-order valence-corrected chi connectivity index (χ1v) is 11.2. The highest BCUT2D eigenvalue weighted by Gasteiger charge is 2.39. The summed E-state index contributed by atoms with van der Waals surface area (Å²) in [6.45, 7) is 3.80. The fourth-order valence-corrected chi connectivity index (χ4v) is 5.53. The van der Waals surface area contributed by atoms with Crippen LogP contribution in [-0.2, 0) is 14.8 Å². The van der Waals surface area contributed by atoms with Gasteiger partial charge in [0, 0.05) is 56.0 Å². The van der Waals surface area contributed by atoms with E-state index >= 15 is 0 Å². The van der Waals surface area contributed by atoms with Gasteiger partial charge in [-0.15, -0.1) is 0 Å². The first-order valence-electron chi connectivity index (χ1n) is 8.60. The van der Waals surface area contributed by atoms with Gasteiger partial charge in [0.05, 0.1) is 12.0 Å². The number of sulfonamides is 1. The van der Waals surface area contributed by atoms with Crippen LogP contribution in [0.4, 0.5) is 0 Å². The molecule has 0 aliphatic carbocycles. The maximum atomic E-state index is 12.7. The molecule has 0 bridgehead atoms. The van der Waals surface area contributed by atoms with Gasteiger partial charge in [0.15, 0.2) is 0 Å². The molecule has 0 aromatic heterocycles. The highest BCUT2D eigenvalue weighted by Crippen LogP contribution is 2.30. The zero-order chi connectivity index (χ0) is 17.8. The summed E-state index contributed by atoms with van der Waals surface area (Å²) in [7, 11) is -2.04. The van der Waals surface area contributed by atoms with E-state index in [1.807, 2.05) is 11.8 Å². The summed E-state index contributed by atoms with van der Waals surface area (Å²) in [5, 5.41) is 0. The third-order valence-corrected chi connectivity index (χ3v) is 7.39. The Morgan fingerprint density at radius 2 is 2.00 bits per heavy atom. The monoisotopic (exact) mass is 386 g/mol. The summed E-state index contributed by atoms with van der Waals surface area (Å²) in [6, 6.07) is 6.58. The van der Waals surface area contributed by atoms with Gasteiger partial charge in [-0.2, -0.15) is 11.8 Å². The van der Waals surface area contributed by atoms with E-state index in [1.54, 1.807) is 24.3 Å². The topological polar surface area (TPSA) is 67.9 Å². The summed E-state index contributed by atoms with van der Waals surface area (Å²) in [5.41, 5.74) is -0.148. The molecule has 6 nitrogen and oxygen atoms in total. The largest absolute Gasteiger partial charge is 0.497 e. The Labute approximate surface area is 154 Å². The lowest BCUT2D eigenvalue weighted by Crippen LogP contribution is -2.60. The van der Waals surface area contributed by atoms with Gasteiger partial charge in [0.2, 0.25) is 10.0 Å². The van der Waals surface area contributed by atoms with E-state index in [0.717, 1.165) is 37.4 Å². The molecular formula is C17H26N2O4S2. The molecule has 1 N–H and O–H groups in total. The minimum atomic E-state index is -3.57. The smallest absolute Gasteiger partial charge is 0.240 e. The standard InChI is InChI=1S/C17H26N2O4S2/c1-22-15-3-2-4-16(13-15)25(20,21)18-14-17(5-9-23-10-6-17)19-7-11-24-12-8-19/h2-4,13,18H,5-12,14H2,1H3. The third kappa shape index (κ3) is 4.49. The Morgan fingerprint density at radius 3 is 2.68 bits per heavy atom. The molecule has 0 saturated carbocycles. The summed E-state index contributed by atoms with van der Waals surface area (Å²) in [4.78, 5) is 2.70. The molecule has 0 spiro atoms. The highest BCUT2D eigenvalue weighted by molar-refractivity contribution is 7.99. The van der Waals surface area contributed by atoms with Crippen molar-refractivity contribution in [3.8, 4) is 5.75 Å². The molecule has 1 aromatic carbocycles. The van der Waals surface area contributed by atoms with Gasteiger partial charge in [-0.3, -0.25) is 4.90 Å². The van der Waals surface area contributed by atoms with Gasteiger partial charge >= 0.3 is 0 Å². The van der Waals surface area contributed by atoms with Crippen molar-refractivity contribution in [2.75, 3.05) is 51.5 Å². The van der Waals surface area contributed by atoms with Crippen LogP contribution in [0.25, 0.3) is 0 Å². The second-order valence-electron chi connectivity index (χ2n) is 6.44. The van der Waals surface area contributed by atoms with Gasteiger partial charge in [-0.05, 0) is 25.0 Å². The first kappa shape index (κ1) is 19.0. The molecular weight excluding hydrogens is 360 g/mol. The average molecular weight is 387 g/mol. The molecule has 0 unspecified atom stereocenters. The van der Waals surface area contributed by atoms with E-state index in [-0.39, 0.29) is 10.4 Å². The molecule has 2 heterocycles. The molecule has 8 heteroatoms. The maximum Gasteiger partial charge on any atom is 0.240 e. The van der Waals surface area contributed by atoms with Crippen molar-refractivity contribution in [2.24, 2.45) is 0 Å². The number of rotatable bonds is 6. The lowest BCUT2D eigenvalue weighted by molar-refractivity contribution is -0.0218. The fraction of sp³-hybridized carbons (Fsp3) is 0.647. The van der Waals surface area contributed by atoms with Crippen molar-refractivity contribution in [3.05, 3.63) is 24.3 Å². The number of methoxy groups -OCH3 is 1. The summed E-state index contributed by atoms with van der Waals surface area (Å²) < 4.78 is 39.0. The Hall–Kier alpha value is -0.800. The molecule has 0 atom stereocenters. The molecule has 25 heavy (non-hydrogen) atoms. The number of hydrogen-bond donors (Lipinski definition) is 1. The number of nitrogens with one attached hydrogen (secondary N) is 1. The van der Waals surface area contributed by atoms with E-state index in [9.17, 15) is 8.42 Å². The molecule has 2 aliphatic heterocycles. The van der Waals surface area contributed by atoms with E-state index in [4.69, 9.17) is 9.47 Å². The van der Waals surface area contributed by atoms with Crippen LogP contribution in [0, 0.1) is 0 Å². The second-order valence-corrected chi connectivity index (χ2v) is 9.43. The van der Waals surface area contributed by atoms with Crippen LogP contribution >= 0.6 is 11.8 Å². The lowest BCUT2D eigenvalue weighted by atomic mass is 9.88. The van der Waals surface area contributed by atoms with Crippen LogP contribution in [0.5, 0.6) is 5.75 Å². The normalized spacial score (nSPS) is 21.8. The van der Waals surface area contributed by atoms with Crippen molar-refractivity contribution >= 4 is 21.8 Å². The van der Waals surface area contributed by atoms with E-state index < -0.39 is 10.0 Å². The van der Waals surface area contributed by atoms with Gasteiger partial charge in [0.25, 0.3) is 0 Å².